The predicted molar refractivity (Wildman–Crippen MR) is 47.6 cm³/mol. The van der Waals surface area contributed by atoms with Gasteiger partial charge in [-0.1, -0.05) is 0 Å². The van der Waals surface area contributed by atoms with E-state index in [2.05, 4.69) is 0 Å². The fourth-order valence-corrected chi connectivity index (χ4v) is 1.67. The average molecular weight is 171 g/mol. The quantitative estimate of drug-likeness (QED) is 0.633. The first-order valence-electron chi connectivity index (χ1n) is 4.48. The number of primary amides is 1. The summed E-state index contributed by atoms with van der Waals surface area (Å²) in [7, 11) is 0. The van der Waals surface area contributed by atoms with E-state index in [9.17, 15) is 4.79 Å². The van der Waals surface area contributed by atoms with Crippen LogP contribution >= 0.6 is 0 Å². The summed E-state index contributed by atoms with van der Waals surface area (Å²) >= 11 is 0. The molecule has 1 aliphatic rings. The van der Waals surface area contributed by atoms with Crippen molar-refractivity contribution in [1.29, 1.82) is 0 Å². The van der Waals surface area contributed by atoms with Crippen molar-refractivity contribution in [2.45, 2.75) is 19.3 Å². The Morgan fingerprint density at radius 1 is 1.58 bits per heavy atom. The first kappa shape index (κ1) is 9.32. The molecule has 0 bridgehead atoms. The highest BCUT2D eigenvalue weighted by Gasteiger charge is 2.23. The zero-order valence-electron chi connectivity index (χ0n) is 7.33. The van der Waals surface area contributed by atoms with Crippen LogP contribution < -0.4 is 11.5 Å². The second kappa shape index (κ2) is 4.30. The lowest BCUT2D eigenvalue weighted by Crippen LogP contribution is -2.33. The Kier molecular flexibility index (Phi) is 3.34. The summed E-state index contributed by atoms with van der Waals surface area (Å²) in [5.74, 6) is 0.626. The van der Waals surface area contributed by atoms with Crippen LogP contribution in [0.25, 0.3) is 0 Å². The molecule has 1 heterocycles. The van der Waals surface area contributed by atoms with Crippen LogP contribution in [0.15, 0.2) is 0 Å². The molecule has 1 aliphatic heterocycles. The Bertz CT molecular complexity index is 160. The second-order valence-electron chi connectivity index (χ2n) is 3.37. The zero-order chi connectivity index (χ0) is 8.97. The lowest BCUT2D eigenvalue weighted by atomic mass is 10.0. The minimum absolute atomic E-state index is 0.287. The van der Waals surface area contributed by atoms with E-state index in [0.717, 1.165) is 38.9 Å². The number of amides is 2. The number of rotatable bonds is 3. The molecule has 0 radical (unpaired) electrons. The van der Waals surface area contributed by atoms with Crippen molar-refractivity contribution >= 4 is 6.03 Å². The van der Waals surface area contributed by atoms with Crippen LogP contribution in [0.1, 0.15) is 19.3 Å². The van der Waals surface area contributed by atoms with Crippen molar-refractivity contribution in [3.63, 3.8) is 0 Å². The topological polar surface area (TPSA) is 72.3 Å². The van der Waals surface area contributed by atoms with Gasteiger partial charge in [-0.2, -0.15) is 0 Å². The molecule has 0 aliphatic carbocycles. The number of carbonyl (C=O) groups is 1. The van der Waals surface area contributed by atoms with Crippen LogP contribution in [0.5, 0.6) is 0 Å². The molecule has 1 atom stereocenters. The fraction of sp³-hybridized carbons (Fsp3) is 0.875. The first-order valence-corrected chi connectivity index (χ1v) is 4.48. The van der Waals surface area contributed by atoms with Gasteiger partial charge in [0.1, 0.15) is 0 Å². The lowest BCUT2D eigenvalue weighted by molar-refractivity contribution is 0.216. The third kappa shape index (κ3) is 2.37. The Morgan fingerprint density at radius 2 is 2.33 bits per heavy atom. The first-order chi connectivity index (χ1) is 5.74. The molecule has 70 valence electrons. The average Bonchev–Trinajstić information content (AvgIpc) is 2.48. The van der Waals surface area contributed by atoms with Crippen LogP contribution in [0.2, 0.25) is 0 Å². The van der Waals surface area contributed by atoms with Crippen LogP contribution in [-0.2, 0) is 0 Å². The molecule has 1 fully saturated rings. The van der Waals surface area contributed by atoms with E-state index in [4.69, 9.17) is 11.5 Å². The van der Waals surface area contributed by atoms with Gasteiger partial charge in [0.2, 0.25) is 0 Å². The minimum atomic E-state index is -0.287. The number of likely N-dealkylation sites (tertiary alicyclic amines) is 1. The van der Waals surface area contributed by atoms with Gasteiger partial charge < -0.3 is 16.4 Å². The molecule has 12 heavy (non-hydrogen) atoms. The van der Waals surface area contributed by atoms with Gasteiger partial charge in [-0.05, 0) is 31.7 Å². The molecule has 2 amide bonds. The van der Waals surface area contributed by atoms with E-state index in [0.29, 0.717) is 5.92 Å². The van der Waals surface area contributed by atoms with Crippen LogP contribution in [0, 0.1) is 5.92 Å². The molecule has 0 spiro atoms. The molecule has 1 unspecified atom stereocenters. The molecule has 0 aromatic carbocycles. The molecule has 0 saturated carbocycles. The monoisotopic (exact) mass is 171 g/mol. The minimum Gasteiger partial charge on any atom is -0.351 e. The number of urea groups is 1. The van der Waals surface area contributed by atoms with E-state index < -0.39 is 0 Å². The SMILES string of the molecule is NCCCC1CCN(C(N)=O)C1. The largest absolute Gasteiger partial charge is 0.351 e. The number of carbonyl (C=O) groups excluding carboxylic acids is 1. The van der Waals surface area contributed by atoms with Gasteiger partial charge in [-0.25, -0.2) is 4.79 Å². The lowest BCUT2D eigenvalue weighted by Gasteiger charge is -2.12. The highest BCUT2D eigenvalue weighted by molar-refractivity contribution is 5.72. The van der Waals surface area contributed by atoms with Gasteiger partial charge in [0.15, 0.2) is 0 Å². The highest BCUT2D eigenvalue weighted by Crippen LogP contribution is 2.19. The van der Waals surface area contributed by atoms with Crippen molar-refractivity contribution < 1.29 is 4.79 Å². The van der Waals surface area contributed by atoms with Gasteiger partial charge in [-0.15, -0.1) is 0 Å². The van der Waals surface area contributed by atoms with Gasteiger partial charge >= 0.3 is 6.03 Å². The maximum atomic E-state index is 10.7. The number of nitrogens with two attached hydrogens (primary N) is 2. The summed E-state index contributed by atoms with van der Waals surface area (Å²) in [6.07, 6.45) is 3.26. The molecule has 4 heteroatoms. The standard InChI is InChI=1S/C8H17N3O/c9-4-1-2-7-3-5-11(6-7)8(10)12/h7H,1-6,9H2,(H2,10,12). The molecule has 1 saturated heterocycles. The summed E-state index contributed by atoms with van der Waals surface area (Å²) in [6.45, 7) is 2.40. The summed E-state index contributed by atoms with van der Waals surface area (Å²) in [5, 5.41) is 0. The Balaban J connectivity index is 2.21. The van der Waals surface area contributed by atoms with Crippen molar-refractivity contribution in [2.24, 2.45) is 17.4 Å². The van der Waals surface area contributed by atoms with Crippen molar-refractivity contribution in [3.05, 3.63) is 0 Å². The van der Waals surface area contributed by atoms with E-state index in [1.807, 2.05) is 0 Å². The Morgan fingerprint density at radius 3 is 2.83 bits per heavy atom. The maximum absolute atomic E-state index is 10.7. The second-order valence-corrected chi connectivity index (χ2v) is 3.37. The Labute approximate surface area is 72.9 Å². The summed E-state index contributed by atoms with van der Waals surface area (Å²) in [5.41, 5.74) is 10.5. The smallest absolute Gasteiger partial charge is 0.314 e. The van der Waals surface area contributed by atoms with Crippen LogP contribution in [-0.4, -0.2) is 30.6 Å². The van der Waals surface area contributed by atoms with Crippen molar-refractivity contribution in [3.8, 4) is 0 Å². The van der Waals surface area contributed by atoms with Gasteiger partial charge in [0.25, 0.3) is 0 Å². The van der Waals surface area contributed by atoms with E-state index in [1.54, 1.807) is 4.90 Å². The van der Waals surface area contributed by atoms with Crippen molar-refractivity contribution in [2.75, 3.05) is 19.6 Å². The third-order valence-corrected chi connectivity index (χ3v) is 2.41. The van der Waals surface area contributed by atoms with E-state index in [-0.39, 0.29) is 6.03 Å². The summed E-state index contributed by atoms with van der Waals surface area (Å²) in [6, 6.07) is -0.287. The Hall–Kier alpha value is -0.770. The molecular weight excluding hydrogens is 154 g/mol. The molecule has 0 aromatic rings. The van der Waals surface area contributed by atoms with Gasteiger partial charge in [-0.3, -0.25) is 0 Å². The molecule has 4 N–H and O–H groups in total. The van der Waals surface area contributed by atoms with Crippen molar-refractivity contribution in [1.82, 2.24) is 4.90 Å². The number of hydrogen-bond acceptors (Lipinski definition) is 2. The van der Waals surface area contributed by atoms with Crippen LogP contribution in [0.4, 0.5) is 4.79 Å². The summed E-state index contributed by atoms with van der Waals surface area (Å²) < 4.78 is 0. The predicted octanol–water partition coefficient (Wildman–Crippen LogP) is 0.126. The van der Waals surface area contributed by atoms with E-state index >= 15 is 0 Å². The number of nitrogens with zero attached hydrogens (tertiary/aromatic N) is 1. The molecule has 1 rings (SSSR count). The molecule has 4 nitrogen and oxygen atoms in total. The van der Waals surface area contributed by atoms with E-state index in [1.165, 1.54) is 0 Å². The normalized spacial score (nSPS) is 23.1. The van der Waals surface area contributed by atoms with Crippen LogP contribution in [0.3, 0.4) is 0 Å². The third-order valence-electron chi connectivity index (χ3n) is 2.41. The number of hydrogen-bond donors (Lipinski definition) is 2. The maximum Gasteiger partial charge on any atom is 0.314 e. The fourth-order valence-electron chi connectivity index (χ4n) is 1.67. The molecular formula is C8H17N3O. The molecule has 0 aromatic heterocycles. The van der Waals surface area contributed by atoms with Gasteiger partial charge in [0, 0.05) is 13.1 Å². The summed E-state index contributed by atoms with van der Waals surface area (Å²) in [4.78, 5) is 12.5. The van der Waals surface area contributed by atoms with Gasteiger partial charge in [0.05, 0.1) is 0 Å². The highest BCUT2D eigenvalue weighted by atomic mass is 16.2. The zero-order valence-corrected chi connectivity index (χ0v) is 7.33.